The van der Waals surface area contributed by atoms with Crippen LogP contribution in [0.25, 0.3) is 0 Å². The van der Waals surface area contributed by atoms with Gasteiger partial charge in [0.15, 0.2) is 0 Å². The van der Waals surface area contributed by atoms with Gasteiger partial charge in [-0.15, -0.1) is 0 Å². The van der Waals surface area contributed by atoms with Crippen LogP contribution in [0.3, 0.4) is 0 Å². The van der Waals surface area contributed by atoms with Gasteiger partial charge in [0, 0.05) is 13.1 Å². The summed E-state index contributed by atoms with van der Waals surface area (Å²) in [6, 6.07) is 7.82. The van der Waals surface area contributed by atoms with Gasteiger partial charge in [-0.25, -0.2) is 4.98 Å². The Labute approximate surface area is 123 Å². The lowest BCUT2D eigenvalue weighted by Gasteiger charge is -2.29. The van der Waals surface area contributed by atoms with E-state index in [0.29, 0.717) is 19.1 Å². The summed E-state index contributed by atoms with van der Waals surface area (Å²) in [6.45, 7) is 4.97. The molecule has 1 fully saturated rings. The first kappa shape index (κ1) is 13.6. The van der Waals surface area contributed by atoms with Crippen LogP contribution in [-0.4, -0.2) is 36.3 Å². The number of aromatic nitrogens is 2. The van der Waals surface area contributed by atoms with E-state index in [-0.39, 0.29) is 5.95 Å². The molecule has 0 bridgehead atoms. The number of rotatable bonds is 3. The predicted octanol–water partition coefficient (Wildman–Crippen LogP) is 2.00. The van der Waals surface area contributed by atoms with Crippen molar-refractivity contribution in [1.29, 1.82) is 0 Å². The summed E-state index contributed by atoms with van der Waals surface area (Å²) in [4.78, 5) is 10.5. The first-order valence-corrected chi connectivity index (χ1v) is 6.92. The summed E-state index contributed by atoms with van der Waals surface area (Å²) < 4.78 is 11.3. The van der Waals surface area contributed by atoms with Crippen molar-refractivity contribution in [3.8, 4) is 11.6 Å². The summed E-state index contributed by atoms with van der Waals surface area (Å²) in [5.41, 5.74) is 7.66. The van der Waals surface area contributed by atoms with Crippen molar-refractivity contribution < 1.29 is 9.47 Å². The molecule has 2 heterocycles. The molecule has 0 aliphatic carbocycles. The standard InChI is InChI=1S/C15H18N4O2/c1-11-3-2-4-12(9-11)21-14-13(10-17-15(16)18-14)19-5-7-20-8-6-19/h2-4,9-10H,5-8H2,1H3,(H2,16,17,18). The minimum Gasteiger partial charge on any atom is -0.437 e. The van der Waals surface area contributed by atoms with Crippen molar-refractivity contribution in [2.24, 2.45) is 0 Å². The van der Waals surface area contributed by atoms with Gasteiger partial charge >= 0.3 is 0 Å². The molecule has 1 aliphatic rings. The third-order valence-corrected chi connectivity index (χ3v) is 3.31. The van der Waals surface area contributed by atoms with Gasteiger partial charge in [0.05, 0.1) is 19.4 Å². The van der Waals surface area contributed by atoms with E-state index < -0.39 is 0 Å². The fourth-order valence-electron chi connectivity index (χ4n) is 2.26. The Kier molecular flexibility index (Phi) is 3.87. The minimum absolute atomic E-state index is 0.203. The molecule has 110 valence electrons. The average Bonchev–Trinajstić information content (AvgIpc) is 2.48. The molecule has 1 aliphatic heterocycles. The van der Waals surface area contributed by atoms with Crippen molar-refractivity contribution in [2.45, 2.75) is 6.92 Å². The number of nitrogen functional groups attached to an aromatic ring is 1. The maximum Gasteiger partial charge on any atom is 0.248 e. The van der Waals surface area contributed by atoms with Crippen molar-refractivity contribution in [3.63, 3.8) is 0 Å². The van der Waals surface area contributed by atoms with E-state index in [9.17, 15) is 0 Å². The number of nitrogens with zero attached hydrogens (tertiary/aromatic N) is 3. The fraction of sp³-hybridized carbons (Fsp3) is 0.333. The summed E-state index contributed by atoms with van der Waals surface area (Å²) in [5.74, 6) is 1.42. The highest BCUT2D eigenvalue weighted by Gasteiger charge is 2.18. The summed E-state index contributed by atoms with van der Waals surface area (Å²) in [7, 11) is 0. The third-order valence-electron chi connectivity index (χ3n) is 3.31. The predicted molar refractivity (Wildman–Crippen MR) is 80.7 cm³/mol. The topological polar surface area (TPSA) is 73.5 Å². The van der Waals surface area contributed by atoms with Crippen LogP contribution in [0.15, 0.2) is 30.5 Å². The Morgan fingerprint density at radius 3 is 2.86 bits per heavy atom. The van der Waals surface area contributed by atoms with Gasteiger partial charge in [-0.05, 0) is 24.6 Å². The van der Waals surface area contributed by atoms with Crippen molar-refractivity contribution in [3.05, 3.63) is 36.0 Å². The van der Waals surface area contributed by atoms with Crippen LogP contribution in [-0.2, 0) is 4.74 Å². The van der Waals surface area contributed by atoms with Gasteiger partial charge in [0.25, 0.3) is 0 Å². The maximum atomic E-state index is 5.91. The average molecular weight is 286 g/mol. The largest absolute Gasteiger partial charge is 0.437 e. The summed E-state index contributed by atoms with van der Waals surface area (Å²) >= 11 is 0. The van der Waals surface area contributed by atoms with Crippen molar-refractivity contribution >= 4 is 11.6 Å². The quantitative estimate of drug-likeness (QED) is 0.930. The molecule has 1 saturated heterocycles. The Balaban J connectivity index is 1.90. The van der Waals surface area contributed by atoms with E-state index >= 15 is 0 Å². The second kappa shape index (κ2) is 5.97. The number of nitrogens with two attached hydrogens (primary N) is 1. The van der Waals surface area contributed by atoms with Crippen LogP contribution in [0.2, 0.25) is 0 Å². The fourth-order valence-corrected chi connectivity index (χ4v) is 2.26. The Morgan fingerprint density at radius 1 is 1.29 bits per heavy atom. The van der Waals surface area contributed by atoms with Crippen molar-refractivity contribution in [1.82, 2.24) is 9.97 Å². The van der Waals surface area contributed by atoms with Gasteiger partial charge in [-0.1, -0.05) is 12.1 Å². The van der Waals surface area contributed by atoms with E-state index in [1.807, 2.05) is 31.2 Å². The zero-order chi connectivity index (χ0) is 14.7. The van der Waals surface area contributed by atoms with E-state index in [4.69, 9.17) is 15.2 Å². The zero-order valence-electron chi connectivity index (χ0n) is 12.0. The van der Waals surface area contributed by atoms with Gasteiger partial charge in [-0.3, -0.25) is 0 Å². The molecule has 0 radical (unpaired) electrons. The second-order valence-electron chi connectivity index (χ2n) is 4.94. The number of ether oxygens (including phenoxy) is 2. The molecule has 0 atom stereocenters. The SMILES string of the molecule is Cc1cccc(Oc2nc(N)ncc2N2CCOCC2)c1. The molecule has 6 heteroatoms. The van der Waals surface area contributed by atoms with Crippen molar-refractivity contribution in [2.75, 3.05) is 36.9 Å². The number of hydrogen-bond donors (Lipinski definition) is 1. The van der Waals surface area contributed by atoms with Crippen LogP contribution < -0.4 is 15.4 Å². The first-order valence-electron chi connectivity index (χ1n) is 6.92. The number of anilines is 2. The summed E-state index contributed by atoms with van der Waals surface area (Å²) in [5, 5.41) is 0. The van der Waals surface area contributed by atoms with E-state index in [1.54, 1.807) is 6.20 Å². The molecule has 0 unspecified atom stereocenters. The van der Waals surface area contributed by atoms with Crippen LogP contribution in [0.1, 0.15) is 5.56 Å². The molecule has 0 amide bonds. The molecule has 2 N–H and O–H groups in total. The molecule has 3 rings (SSSR count). The molecule has 0 saturated carbocycles. The van der Waals surface area contributed by atoms with Gasteiger partial charge < -0.3 is 20.1 Å². The minimum atomic E-state index is 0.203. The van der Waals surface area contributed by atoms with Crippen LogP contribution in [0.4, 0.5) is 11.6 Å². The normalized spacial score (nSPS) is 15.0. The Hall–Kier alpha value is -2.34. The van der Waals surface area contributed by atoms with E-state index in [0.717, 1.165) is 30.1 Å². The molecular formula is C15H18N4O2. The molecule has 6 nitrogen and oxygen atoms in total. The van der Waals surface area contributed by atoms with Crippen LogP contribution >= 0.6 is 0 Å². The van der Waals surface area contributed by atoms with E-state index in [1.165, 1.54) is 0 Å². The third kappa shape index (κ3) is 3.22. The van der Waals surface area contributed by atoms with Crippen LogP contribution in [0.5, 0.6) is 11.6 Å². The van der Waals surface area contributed by atoms with E-state index in [2.05, 4.69) is 14.9 Å². The van der Waals surface area contributed by atoms with Gasteiger partial charge in [0.2, 0.25) is 11.8 Å². The molecule has 2 aromatic rings. The van der Waals surface area contributed by atoms with Gasteiger partial charge in [-0.2, -0.15) is 4.98 Å². The highest BCUT2D eigenvalue weighted by atomic mass is 16.5. The Bertz CT molecular complexity index is 627. The molecule has 1 aromatic heterocycles. The lowest BCUT2D eigenvalue weighted by Crippen LogP contribution is -2.36. The summed E-state index contributed by atoms with van der Waals surface area (Å²) in [6.07, 6.45) is 1.71. The van der Waals surface area contributed by atoms with Gasteiger partial charge in [0.1, 0.15) is 11.4 Å². The number of aryl methyl sites for hydroxylation is 1. The molecule has 0 spiro atoms. The lowest BCUT2D eigenvalue weighted by atomic mass is 10.2. The zero-order valence-corrected chi connectivity index (χ0v) is 12.0. The second-order valence-corrected chi connectivity index (χ2v) is 4.94. The molecular weight excluding hydrogens is 268 g/mol. The number of hydrogen-bond acceptors (Lipinski definition) is 6. The highest BCUT2D eigenvalue weighted by molar-refractivity contribution is 5.56. The van der Waals surface area contributed by atoms with Crippen LogP contribution in [0, 0.1) is 6.92 Å². The smallest absolute Gasteiger partial charge is 0.248 e. The molecule has 21 heavy (non-hydrogen) atoms. The highest BCUT2D eigenvalue weighted by Crippen LogP contribution is 2.31. The maximum absolute atomic E-state index is 5.91. The molecule has 1 aromatic carbocycles. The Morgan fingerprint density at radius 2 is 2.10 bits per heavy atom. The first-order chi connectivity index (χ1) is 10.2. The number of benzene rings is 1. The monoisotopic (exact) mass is 286 g/mol. The number of morpholine rings is 1. The lowest BCUT2D eigenvalue weighted by molar-refractivity contribution is 0.122.